The third-order valence-electron chi connectivity index (χ3n) is 4.53. The third kappa shape index (κ3) is 6.65. The lowest BCUT2D eigenvalue weighted by Crippen LogP contribution is -2.50. The summed E-state index contributed by atoms with van der Waals surface area (Å²) >= 11 is 0. The number of carbonyl (C=O) groups excluding carboxylic acids is 1. The monoisotopic (exact) mass is 435 g/mol. The Morgan fingerprint density at radius 1 is 1.00 bits per heavy atom. The molecule has 1 heterocycles. The van der Waals surface area contributed by atoms with E-state index in [0.29, 0.717) is 13.2 Å². The molecule has 1 amide bonds. The topological polar surface area (TPSA) is 83.5 Å². The molecule has 9 heteroatoms. The summed E-state index contributed by atoms with van der Waals surface area (Å²) in [7, 11) is -2.60. The van der Waals surface area contributed by atoms with E-state index in [4.69, 9.17) is 23.0 Å². The quantitative estimate of drug-likeness (QED) is 0.550. The molecule has 1 aliphatic heterocycles. The van der Waals surface area contributed by atoms with Crippen LogP contribution in [0.3, 0.4) is 0 Å². The van der Waals surface area contributed by atoms with E-state index in [0.717, 1.165) is 11.1 Å². The molecule has 1 atom stereocenters. The van der Waals surface area contributed by atoms with Crippen molar-refractivity contribution in [2.24, 2.45) is 0 Å². The predicted octanol–water partition coefficient (Wildman–Crippen LogP) is 4.01. The van der Waals surface area contributed by atoms with E-state index >= 15 is 0 Å². The van der Waals surface area contributed by atoms with Gasteiger partial charge in [-0.25, -0.2) is 9.36 Å². The molecule has 0 N–H and O–H groups in total. The highest BCUT2D eigenvalue weighted by Gasteiger charge is 2.33. The third-order valence-corrected chi connectivity index (χ3v) is 5.88. The van der Waals surface area contributed by atoms with Gasteiger partial charge in [-0.05, 0) is 11.1 Å². The zero-order valence-electron chi connectivity index (χ0n) is 16.8. The Balaban J connectivity index is 1.66. The average molecular weight is 435 g/mol. The van der Waals surface area contributed by atoms with Crippen LogP contribution >= 0.6 is 7.82 Å². The summed E-state index contributed by atoms with van der Waals surface area (Å²) in [6.45, 7) is 1.06. The molecule has 0 spiro atoms. The summed E-state index contributed by atoms with van der Waals surface area (Å²) in [5, 5.41) is 0. The van der Waals surface area contributed by atoms with Gasteiger partial charge in [0, 0.05) is 6.54 Å². The van der Waals surface area contributed by atoms with Gasteiger partial charge in [0.05, 0.1) is 46.2 Å². The summed E-state index contributed by atoms with van der Waals surface area (Å²) < 4.78 is 40.3. The molecule has 1 saturated heterocycles. The van der Waals surface area contributed by atoms with E-state index in [1.54, 1.807) is 0 Å². The summed E-state index contributed by atoms with van der Waals surface area (Å²) in [5.41, 5.74) is 1.67. The maximum atomic E-state index is 13.3. The molecule has 0 bridgehead atoms. The number of hydrogen-bond donors (Lipinski definition) is 0. The smallest absolute Gasteiger partial charge is 0.453 e. The lowest BCUT2D eigenvalue weighted by atomic mass is 10.2. The predicted molar refractivity (Wildman–Crippen MR) is 110 cm³/mol. The molecular formula is C21H26NO7P. The van der Waals surface area contributed by atoms with Crippen LogP contribution in [0, 0.1) is 0 Å². The number of benzene rings is 2. The molecule has 0 saturated carbocycles. The number of carbonyl (C=O) groups is 1. The highest BCUT2D eigenvalue weighted by atomic mass is 31.2. The Hall–Kier alpha value is -2.22. The SMILES string of the molecule is COC(=O)N1CCOC[C@H]1COP(=O)(OCc1ccccc1)OCc1ccccc1. The van der Waals surface area contributed by atoms with Gasteiger partial charge in [0.15, 0.2) is 0 Å². The standard InChI is InChI=1S/C21H26NO7P/c1-25-21(23)22-12-13-26-16-20(22)17-29-30(24,27-14-18-8-4-2-5-9-18)28-15-19-10-6-3-7-11-19/h2-11,20H,12-17H2,1H3/t20-/m0/s1. The lowest BCUT2D eigenvalue weighted by Gasteiger charge is -2.34. The van der Waals surface area contributed by atoms with Crippen LogP contribution in [-0.2, 0) is 40.8 Å². The van der Waals surface area contributed by atoms with Crippen molar-refractivity contribution in [2.45, 2.75) is 19.3 Å². The van der Waals surface area contributed by atoms with Gasteiger partial charge in [0.1, 0.15) is 0 Å². The van der Waals surface area contributed by atoms with Gasteiger partial charge in [-0.1, -0.05) is 60.7 Å². The van der Waals surface area contributed by atoms with Crippen molar-refractivity contribution >= 4 is 13.9 Å². The Kier molecular flexibility index (Phi) is 8.42. The van der Waals surface area contributed by atoms with Crippen LogP contribution < -0.4 is 0 Å². The first-order valence-electron chi connectivity index (χ1n) is 9.63. The number of hydrogen-bond acceptors (Lipinski definition) is 7. The summed E-state index contributed by atoms with van der Waals surface area (Å²) in [5.74, 6) is 0. The molecule has 3 rings (SSSR count). The van der Waals surface area contributed by atoms with E-state index in [9.17, 15) is 9.36 Å². The van der Waals surface area contributed by atoms with Crippen molar-refractivity contribution in [3.8, 4) is 0 Å². The number of ether oxygens (including phenoxy) is 2. The normalized spacial score (nSPS) is 17.0. The number of phosphoric acid groups is 1. The van der Waals surface area contributed by atoms with Crippen LogP contribution in [0.25, 0.3) is 0 Å². The van der Waals surface area contributed by atoms with E-state index in [1.807, 2.05) is 60.7 Å². The molecular weight excluding hydrogens is 409 g/mol. The molecule has 8 nitrogen and oxygen atoms in total. The summed E-state index contributed by atoms with van der Waals surface area (Å²) in [6, 6.07) is 18.2. The van der Waals surface area contributed by atoms with Crippen molar-refractivity contribution in [3.05, 3.63) is 71.8 Å². The molecule has 1 aliphatic rings. The first kappa shape index (κ1) is 22.5. The van der Waals surface area contributed by atoms with Crippen molar-refractivity contribution < 1.29 is 32.4 Å². The van der Waals surface area contributed by atoms with Crippen LogP contribution in [0.4, 0.5) is 4.79 Å². The second kappa shape index (κ2) is 11.2. The highest BCUT2D eigenvalue weighted by Crippen LogP contribution is 2.51. The summed E-state index contributed by atoms with van der Waals surface area (Å²) in [4.78, 5) is 13.5. The van der Waals surface area contributed by atoms with Gasteiger partial charge in [0.2, 0.25) is 0 Å². The van der Waals surface area contributed by atoms with Crippen molar-refractivity contribution in [3.63, 3.8) is 0 Å². The van der Waals surface area contributed by atoms with Gasteiger partial charge in [-0.3, -0.25) is 18.5 Å². The van der Waals surface area contributed by atoms with Crippen LogP contribution in [0.1, 0.15) is 11.1 Å². The van der Waals surface area contributed by atoms with Gasteiger partial charge < -0.3 is 9.47 Å². The summed E-state index contributed by atoms with van der Waals surface area (Å²) in [6.07, 6.45) is -0.489. The van der Waals surface area contributed by atoms with Crippen molar-refractivity contribution in [1.29, 1.82) is 0 Å². The van der Waals surface area contributed by atoms with Crippen LogP contribution in [0.15, 0.2) is 60.7 Å². The van der Waals surface area contributed by atoms with Gasteiger partial charge in [-0.15, -0.1) is 0 Å². The number of morpholine rings is 1. The van der Waals surface area contributed by atoms with Gasteiger partial charge in [0.25, 0.3) is 0 Å². The van der Waals surface area contributed by atoms with Crippen molar-refractivity contribution in [1.82, 2.24) is 4.90 Å². The first-order valence-corrected chi connectivity index (χ1v) is 11.1. The molecule has 0 unspecified atom stereocenters. The minimum absolute atomic E-state index is 0.0643. The fourth-order valence-electron chi connectivity index (χ4n) is 2.90. The van der Waals surface area contributed by atoms with Gasteiger partial charge >= 0.3 is 13.9 Å². The second-order valence-corrected chi connectivity index (χ2v) is 8.32. The molecule has 0 radical (unpaired) electrons. The maximum Gasteiger partial charge on any atom is 0.475 e. The number of methoxy groups -OCH3 is 1. The lowest BCUT2D eigenvalue weighted by molar-refractivity contribution is -0.0254. The zero-order chi connectivity index (χ0) is 21.2. The van der Waals surface area contributed by atoms with Crippen LogP contribution in [0.5, 0.6) is 0 Å². The van der Waals surface area contributed by atoms with E-state index in [-0.39, 0.29) is 26.4 Å². The largest absolute Gasteiger partial charge is 0.475 e. The second-order valence-electron chi connectivity index (χ2n) is 6.65. The number of amides is 1. The molecule has 2 aromatic rings. The maximum absolute atomic E-state index is 13.3. The molecule has 0 aromatic heterocycles. The van der Waals surface area contributed by atoms with E-state index in [1.165, 1.54) is 12.0 Å². The number of rotatable bonds is 9. The fraction of sp³-hybridized carbons (Fsp3) is 0.381. The number of phosphoric ester groups is 1. The Morgan fingerprint density at radius 3 is 2.10 bits per heavy atom. The molecule has 2 aromatic carbocycles. The zero-order valence-corrected chi connectivity index (χ0v) is 17.7. The average Bonchev–Trinajstić information content (AvgIpc) is 2.81. The molecule has 162 valence electrons. The molecule has 30 heavy (non-hydrogen) atoms. The van der Waals surface area contributed by atoms with Crippen molar-refractivity contribution in [2.75, 3.05) is 33.5 Å². The Morgan fingerprint density at radius 2 is 1.57 bits per heavy atom. The highest BCUT2D eigenvalue weighted by molar-refractivity contribution is 7.48. The molecule has 0 aliphatic carbocycles. The van der Waals surface area contributed by atoms with Crippen LogP contribution in [-0.4, -0.2) is 50.5 Å². The molecule has 1 fully saturated rings. The van der Waals surface area contributed by atoms with E-state index in [2.05, 4.69) is 0 Å². The first-order chi connectivity index (χ1) is 14.6. The fourth-order valence-corrected chi connectivity index (χ4v) is 4.09. The van der Waals surface area contributed by atoms with E-state index < -0.39 is 20.0 Å². The number of nitrogens with zero attached hydrogens (tertiary/aromatic N) is 1. The Bertz CT molecular complexity index is 786. The Labute approximate surface area is 176 Å². The van der Waals surface area contributed by atoms with Crippen LogP contribution in [0.2, 0.25) is 0 Å². The minimum Gasteiger partial charge on any atom is -0.453 e. The minimum atomic E-state index is -3.92. The van der Waals surface area contributed by atoms with Gasteiger partial charge in [-0.2, -0.15) is 0 Å².